The molecule has 0 saturated heterocycles. The molecule has 6 atom stereocenters. The van der Waals surface area contributed by atoms with Crippen molar-refractivity contribution >= 4 is 11.9 Å². The van der Waals surface area contributed by atoms with E-state index in [2.05, 4.69) is 27.0 Å². The molecule has 4 nitrogen and oxygen atoms in total. The smallest absolute Gasteiger partial charge is 0.330 e. The number of fused-ring (bicyclic) bond motifs is 1. The minimum Gasteiger partial charge on any atom is -0.462 e. The molecule has 2 saturated carbocycles. The third kappa shape index (κ3) is 3.85. The van der Waals surface area contributed by atoms with Crippen molar-refractivity contribution in [3.05, 3.63) is 25.3 Å². The third-order valence-electron chi connectivity index (χ3n) is 5.90. The number of ether oxygens (including phenoxy) is 2. The maximum atomic E-state index is 11.3. The molecule has 2 aliphatic rings. The Morgan fingerprint density at radius 3 is 2.13 bits per heavy atom. The van der Waals surface area contributed by atoms with Gasteiger partial charge in [0.25, 0.3) is 0 Å². The van der Waals surface area contributed by atoms with Gasteiger partial charge in [-0.3, -0.25) is 0 Å². The lowest BCUT2D eigenvalue weighted by atomic mass is 9.83. The zero-order valence-electron chi connectivity index (χ0n) is 14.2. The standard InChI is InChI=1S/C19H28O4/c1-5-14-16-9-13(10-22-18(20)6-2)8-15(16)12(4)17(14)11-23-19(21)7-3/h6-7,12-17H,2-3,5,8-11H2,1,4H3. The van der Waals surface area contributed by atoms with Gasteiger partial charge in [-0.15, -0.1) is 0 Å². The molecule has 0 amide bonds. The highest BCUT2D eigenvalue weighted by molar-refractivity contribution is 5.81. The van der Waals surface area contributed by atoms with Crippen molar-refractivity contribution in [2.75, 3.05) is 13.2 Å². The van der Waals surface area contributed by atoms with Crippen LogP contribution in [0.1, 0.15) is 33.1 Å². The van der Waals surface area contributed by atoms with E-state index in [-0.39, 0.29) is 11.9 Å². The fourth-order valence-electron chi connectivity index (χ4n) is 4.85. The summed E-state index contributed by atoms with van der Waals surface area (Å²) in [4.78, 5) is 22.6. The first-order valence-corrected chi connectivity index (χ1v) is 8.60. The van der Waals surface area contributed by atoms with Crippen LogP contribution in [0.15, 0.2) is 25.3 Å². The number of rotatable bonds is 7. The molecule has 0 heterocycles. The van der Waals surface area contributed by atoms with E-state index in [0.717, 1.165) is 19.3 Å². The van der Waals surface area contributed by atoms with Crippen LogP contribution < -0.4 is 0 Å². The monoisotopic (exact) mass is 320 g/mol. The molecule has 0 spiro atoms. The van der Waals surface area contributed by atoms with Crippen LogP contribution in [0.3, 0.4) is 0 Å². The fraction of sp³-hybridized carbons (Fsp3) is 0.684. The first kappa shape index (κ1) is 17.8. The average molecular weight is 320 g/mol. The molecule has 0 aromatic carbocycles. The van der Waals surface area contributed by atoms with Crippen molar-refractivity contribution in [3.63, 3.8) is 0 Å². The first-order chi connectivity index (χ1) is 11.0. The second-order valence-electron chi connectivity index (χ2n) is 6.93. The van der Waals surface area contributed by atoms with Crippen LogP contribution in [0.2, 0.25) is 0 Å². The number of hydrogen-bond donors (Lipinski definition) is 0. The second-order valence-corrected chi connectivity index (χ2v) is 6.93. The highest BCUT2D eigenvalue weighted by Crippen LogP contribution is 2.56. The molecule has 0 bridgehead atoms. The predicted molar refractivity (Wildman–Crippen MR) is 88.5 cm³/mol. The molecular formula is C19H28O4. The summed E-state index contributed by atoms with van der Waals surface area (Å²) in [6, 6.07) is 0. The van der Waals surface area contributed by atoms with E-state index in [1.54, 1.807) is 0 Å². The van der Waals surface area contributed by atoms with Gasteiger partial charge >= 0.3 is 11.9 Å². The van der Waals surface area contributed by atoms with E-state index in [9.17, 15) is 9.59 Å². The second kappa shape index (κ2) is 7.80. The SMILES string of the molecule is C=CC(=O)OCC1CC2C(C)C(COC(=O)C=C)C(CC)C2C1. The minimum atomic E-state index is -0.337. The molecule has 2 aliphatic carbocycles. The Morgan fingerprint density at radius 2 is 1.57 bits per heavy atom. The molecule has 0 aliphatic heterocycles. The molecule has 0 aromatic heterocycles. The summed E-state index contributed by atoms with van der Waals surface area (Å²) in [5.74, 6) is 2.59. The van der Waals surface area contributed by atoms with Crippen LogP contribution in [0.25, 0.3) is 0 Å². The van der Waals surface area contributed by atoms with Gasteiger partial charge < -0.3 is 9.47 Å². The van der Waals surface area contributed by atoms with Gasteiger partial charge in [-0.25, -0.2) is 9.59 Å². The van der Waals surface area contributed by atoms with Crippen LogP contribution in [0.5, 0.6) is 0 Å². The van der Waals surface area contributed by atoms with Gasteiger partial charge in [-0.1, -0.05) is 33.4 Å². The van der Waals surface area contributed by atoms with Crippen molar-refractivity contribution in [3.8, 4) is 0 Å². The number of hydrogen-bond acceptors (Lipinski definition) is 4. The van der Waals surface area contributed by atoms with Crippen LogP contribution >= 0.6 is 0 Å². The van der Waals surface area contributed by atoms with E-state index in [0.29, 0.717) is 48.7 Å². The maximum Gasteiger partial charge on any atom is 0.330 e. The van der Waals surface area contributed by atoms with Gasteiger partial charge in [-0.05, 0) is 48.3 Å². The van der Waals surface area contributed by atoms with Crippen molar-refractivity contribution in [2.45, 2.75) is 33.1 Å². The fourth-order valence-corrected chi connectivity index (χ4v) is 4.85. The zero-order chi connectivity index (χ0) is 17.0. The summed E-state index contributed by atoms with van der Waals surface area (Å²) in [6.07, 6.45) is 5.74. The quantitative estimate of drug-likeness (QED) is 0.533. The van der Waals surface area contributed by atoms with Crippen molar-refractivity contribution in [2.24, 2.45) is 35.5 Å². The Bertz CT molecular complexity index is 470. The van der Waals surface area contributed by atoms with Gasteiger partial charge in [0.1, 0.15) is 0 Å². The Labute approximate surface area is 138 Å². The summed E-state index contributed by atoms with van der Waals surface area (Å²) in [7, 11) is 0. The van der Waals surface area contributed by atoms with Crippen LogP contribution in [-0.4, -0.2) is 25.2 Å². The molecular weight excluding hydrogens is 292 g/mol. The Kier molecular flexibility index (Phi) is 6.03. The summed E-state index contributed by atoms with van der Waals surface area (Å²) in [6.45, 7) is 12.4. The largest absolute Gasteiger partial charge is 0.462 e. The summed E-state index contributed by atoms with van der Waals surface area (Å²) >= 11 is 0. The molecule has 2 fully saturated rings. The Morgan fingerprint density at radius 1 is 1.00 bits per heavy atom. The number of carbonyl (C=O) groups is 2. The molecule has 0 aromatic rings. The molecule has 4 heteroatoms. The van der Waals surface area contributed by atoms with Gasteiger partial charge in [-0.2, -0.15) is 0 Å². The lowest BCUT2D eigenvalue weighted by molar-refractivity contribution is -0.140. The van der Waals surface area contributed by atoms with Crippen LogP contribution in [0.4, 0.5) is 0 Å². The topological polar surface area (TPSA) is 52.6 Å². The van der Waals surface area contributed by atoms with E-state index in [1.807, 2.05) is 0 Å². The van der Waals surface area contributed by atoms with Gasteiger partial charge in [0, 0.05) is 12.2 Å². The summed E-state index contributed by atoms with van der Waals surface area (Å²) in [5, 5.41) is 0. The van der Waals surface area contributed by atoms with Crippen molar-refractivity contribution in [1.29, 1.82) is 0 Å². The predicted octanol–water partition coefficient (Wildman–Crippen LogP) is 3.38. The van der Waals surface area contributed by atoms with Gasteiger partial charge in [0.05, 0.1) is 13.2 Å². The van der Waals surface area contributed by atoms with E-state index < -0.39 is 0 Å². The Hall–Kier alpha value is -1.58. The van der Waals surface area contributed by atoms with Crippen LogP contribution in [-0.2, 0) is 19.1 Å². The first-order valence-electron chi connectivity index (χ1n) is 8.60. The molecule has 0 N–H and O–H groups in total. The van der Waals surface area contributed by atoms with Crippen LogP contribution in [0, 0.1) is 35.5 Å². The average Bonchev–Trinajstić information content (AvgIpc) is 3.08. The van der Waals surface area contributed by atoms with E-state index in [1.165, 1.54) is 12.2 Å². The van der Waals surface area contributed by atoms with Crippen molar-refractivity contribution in [1.82, 2.24) is 0 Å². The Balaban J connectivity index is 1.94. The molecule has 128 valence electrons. The van der Waals surface area contributed by atoms with E-state index in [4.69, 9.17) is 9.47 Å². The van der Waals surface area contributed by atoms with Crippen molar-refractivity contribution < 1.29 is 19.1 Å². The highest BCUT2D eigenvalue weighted by Gasteiger charge is 2.52. The molecule has 6 unspecified atom stereocenters. The molecule has 2 rings (SSSR count). The molecule has 23 heavy (non-hydrogen) atoms. The lowest BCUT2D eigenvalue weighted by Gasteiger charge is -2.25. The third-order valence-corrected chi connectivity index (χ3v) is 5.90. The zero-order valence-corrected chi connectivity index (χ0v) is 14.2. The normalized spacial score (nSPS) is 35.4. The molecule has 0 radical (unpaired) electrons. The minimum absolute atomic E-state index is 0.335. The summed E-state index contributed by atoms with van der Waals surface area (Å²) < 4.78 is 10.6. The maximum absolute atomic E-state index is 11.3. The lowest BCUT2D eigenvalue weighted by Crippen LogP contribution is -2.24. The summed E-state index contributed by atoms with van der Waals surface area (Å²) in [5.41, 5.74) is 0. The number of carbonyl (C=O) groups excluding carboxylic acids is 2. The van der Waals surface area contributed by atoms with Gasteiger partial charge in [0.2, 0.25) is 0 Å². The highest BCUT2D eigenvalue weighted by atomic mass is 16.5. The number of esters is 2. The van der Waals surface area contributed by atoms with Gasteiger partial charge in [0.15, 0.2) is 0 Å². The van der Waals surface area contributed by atoms with E-state index >= 15 is 0 Å².